The first-order valence-electron chi connectivity index (χ1n) is 8.66. The molecule has 1 saturated heterocycles. The van der Waals surface area contributed by atoms with Crippen LogP contribution in [-0.2, 0) is 11.2 Å². The number of hydrogen-bond acceptors (Lipinski definition) is 5. The lowest BCUT2D eigenvalue weighted by Crippen LogP contribution is -2.38. The summed E-state index contributed by atoms with van der Waals surface area (Å²) in [5.41, 5.74) is 2.23. The van der Waals surface area contributed by atoms with Crippen LogP contribution in [0.25, 0.3) is 0 Å². The van der Waals surface area contributed by atoms with E-state index in [1.54, 1.807) is 24.3 Å². The smallest absolute Gasteiger partial charge is 0.230 e. The predicted octanol–water partition coefficient (Wildman–Crippen LogP) is 2.57. The largest absolute Gasteiger partial charge is 0.458 e. The summed E-state index contributed by atoms with van der Waals surface area (Å²) in [6.07, 6.45) is 1.87. The van der Waals surface area contributed by atoms with E-state index < -0.39 is 0 Å². The molecule has 3 heterocycles. The molecule has 5 heteroatoms. The molecule has 130 valence electrons. The fourth-order valence-corrected chi connectivity index (χ4v) is 3.27. The van der Waals surface area contributed by atoms with Crippen LogP contribution in [0.2, 0.25) is 0 Å². The van der Waals surface area contributed by atoms with Crippen LogP contribution in [-0.4, -0.2) is 38.4 Å². The maximum atomic E-state index is 12.9. The lowest BCUT2D eigenvalue weighted by Gasteiger charge is -2.24. The van der Waals surface area contributed by atoms with Crippen LogP contribution in [0.1, 0.15) is 27.9 Å². The second-order valence-corrected chi connectivity index (χ2v) is 6.29. The van der Waals surface area contributed by atoms with Crippen LogP contribution < -0.4 is 14.8 Å². The van der Waals surface area contributed by atoms with Gasteiger partial charge in [-0.05, 0) is 48.7 Å². The number of para-hydroxylation sites is 1. The molecule has 2 bridgehead atoms. The summed E-state index contributed by atoms with van der Waals surface area (Å²) in [4.78, 5) is 12.9. The molecule has 25 heavy (non-hydrogen) atoms. The molecule has 0 amide bonds. The molecule has 1 N–H and O–H groups in total. The summed E-state index contributed by atoms with van der Waals surface area (Å²) in [5.74, 6) is 1.29. The zero-order valence-electron chi connectivity index (χ0n) is 14.0. The summed E-state index contributed by atoms with van der Waals surface area (Å²) in [6.45, 7) is 2.60. The van der Waals surface area contributed by atoms with Crippen molar-refractivity contribution >= 4 is 5.78 Å². The zero-order valence-corrected chi connectivity index (χ0v) is 14.0. The molecule has 1 fully saturated rings. The SMILES string of the molecule is O=C1c2ccc(cc2)OCOc2c(CCC3CNCCO3)cccc21. The number of morpholine rings is 1. The van der Waals surface area contributed by atoms with Gasteiger partial charge in [0.15, 0.2) is 5.78 Å². The molecule has 5 nitrogen and oxygen atoms in total. The monoisotopic (exact) mass is 339 g/mol. The lowest BCUT2D eigenvalue weighted by molar-refractivity contribution is 0.0236. The highest BCUT2D eigenvalue weighted by Crippen LogP contribution is 2.30. The van der Waals surface area contributed by atoms with Crippen LogP contribution in [0.5, 0.6) is 11.5 Å². The fourth-order valence-electron chi connectivity index (χ4n) is 3.27. The molecule has 3 aliphatic heterocycles. The summed E-state index contributed by atoms with van der Waals surface area (Å²) >= 11 is 0. The minimum absolute atomic E-state index is 0.0270. The Hall–Kier alpha value is -2.37. The average Bonchev–Trinajstić information content (AvgIpc) is 2.68. The van der Waals surface area contributed by atoms with Gasteiger partial charge < -0.3 is 19.5 Å². The summed E-state index contributed by atoms with van der Waals surface area (Å²) in [6, 6.07) is 12.9. The third-order valence-corrected chi connectivity index (χ3v) is 4.63. The first-order valence-corrected chi connectivity index (χ1v) is 8.66. The Labute approximate surface area is 146 Å². The fraction of sp³-hybridized carbons (Fsp3) is 0.350. The van der Waals surface area contributed by atoms with Gasteiger partial charge in [0.2, 0.25) is 6.79 Å². The van der Waals surface area contributed by atoms with Crippen LogP contribution in [0.4, 0.5) is 0 Å². The first kappa shape index (κ1) is 16.1. The second-order valence-electron chi connectivity index (χ2n) is 6.29. The quantitative estimate of drug-likeness (QED) is 0.931. The highest BCUT2D eigenvalue weighted by atomic mass is 16.7. The predicted molar refractivity (Wildman–Crippen MR) is 93.4 cm³/mol. The molecule has 0 saturated carbocycles. The van der Waals surface area contributed by atoms with E-state index >= 15 is 0 Å². The van der Waals surface area contributed by atoms with Crippen molar-refractivity contribution in [2.45, 2.75) is 18.9 Å². The molecule has 0 aromatic heterocycles. The third-order valence-electron chi connectivity index (χ3n) is 4.63. The van der Waals surface area contributed by atoms with Crippen molar-refractivity contribution in [3.8, 4) is 11.5 Å². The lowest BCUT2D eigenvalue weighted by atomic mass is 9.97. The number of nitrogens with one attached hydrogen (secondary N) is 1. The minimum Gasteiger partial charge on any atom is -0.458 e. The molecular weight excluding hydrogens is 318 g/mol. The first-order chi connectivity index (χ1) is 12.3. The normalized spacial score (nSPS) is 19.7. The van der Waals surface area contributed by atoms with Crippen molar-refractivity contribution in [1.29, 1.82) is 0 Å². The zero-order chi connectivity index (χ0) is 17.1. The van der Waals surface area contributed by atoms with Gasteiger partial charge in [-0.1, -0.05) is 12.1 Å². The molecule has 0 aliphatic carbocycles. The summed E-state index contributed by atoms with van der Waals surface area (Å²) < 4.78 is 17.2. The van der Waals surface area contributed by atoms with Crippen LogP contribution in [0.15, 0.2) is 42.5 Å². The molecule has 1 unspecified atom stereocenters. The Morgan fingerprint density at radius 2 is 1.96 bits per heavy atom. The minimum atomic E-state index is -0.0270. The van der Waals surface area contributed by atoms with Gasteiger partial charge in [-0.15, -0.1) is 0 Å². The van der Waals surface area contributed by atoms with Gasteiger partial charge in [-0.2, -0.15) is 0 Å². The van der Waals surface area contributed by atoms with Gasteiger partial charge in [-0.3, -0.25) is 4.79 Å². The topological polar surface area (TPSA) is 56.8 Å². The molecule has 0 spiro atoms. The Balaban J connectivity index is 1.61. The van der Waals surface area contributed by atoms with Gasteiger partial charge in [-0.25, -0.2) is 0 Å². The van der Waals surface area contributed by atoms with E-state index in [-0.39, 0.29) is 18.7 Å². The number of carbonyl (C=O) groups is 1. The highest BCUT2D eigenvalue weighted by molar-refractivity contribution is 6.11. The molecule has 3 aliphatic rings. The van der Waals surface area contributed by atoms with Crippen molar-refractivity contribution in [2.24, 2.45) is 0 Å². The van der Waals surface area contributed by atoms with Crippen LogP contribution in [0, 0.1) is 0 Å². The van der Waals surface area contributed by atoms with Crippen molar-refractivity contribution in [3.05, 3.63) is 59.2 Å². The molecule has 2 aromatic rings. The number of fused-ring (bicyclic) bond motifs is 4. The second kappa shape index (κ2) is 7.25. The van der Waals surface area contributed by atoms with Crippen molar-refractivity contribution in [1.82, 2.24) is 5.32 Å². The summed E-state index contributed by atoms with van der Waals surface area (Å²) in [7, 11) is 0. The molecule has 2 aromatic carbocycles. The molecular formula is C20H21NO4. The molecule has 1 atom stereocenters. The Morgan fingerprint density at radius 3 is 2.76 bits per heavy atom. The Morgan fingerprint density at radius 1 is 1.08 bits per heavy atom. The van der Waals surface area contributed by atoms with E-state index in [9.17, 15) is 4.79 Å². The van der Waals surface area contributed by atoms with Gasteiger partial charge in [0.05, 0.1) is 18.3 Å². The number of hydrogen-bond donors (Lipinski definition) is 1. The van der Waals surface area contributed by atoms with Crippen LogP contribution in [0.3, 0.4) is 0 Å². The maximum Gasteiger partial charge on any atom is 0.230 e. The van der Waals surface area contributed by atoms with E-state index in [0.29, 0.717) is 22.6 Å². The number of ether oxygens (including phenoxy) is 3. The van der Waals surface area contributed by atoms with E-state index in [4.69, 9.17) is 14.2 Å². The van der Waals surface area contributed by atoms with Gasteiger partial charge in [0.25, 0.3) is 0 Å². The maximum absolute atomic E-state index is 12.9. The van der Waals surface area contributed by atoms with Gasteiger partial charge in [0, 0.05) is 18.7 Å². The number of carbonyl (C=O) groups excluding carboxylic acids is 1. The molecule has 0 radical (unpaired) electrons. The van der Waals surface area contributed by atoms with Crippen LogP contribution >= 0.6 is 0 Å². The average molecular weight is 339 g/mol. The van der Waals surface area contributed by atoms with E-state index in [0.717, 1.165) is 38.1 Å². The van der Waals surface area contributed by atoms with Crippen molar-refractivity contribution < 1.29 is 19.0 Å². The van der Waals surface area contributed by atoms with E-state index in [1.807, 2.05) is 18.2 Å². The van der Waals surface area contributed by atoms with Crippen molar-refractivity contribution in [3.63, 3.8) is 0 Å². The summed E-state index contributed by atoms with van der Waals surface area (Å²) in [5, 5.41) is 3.34. The van der Waals surface area contributed by atoms with E-state index in [2.05, 4.69) is 5.32 Å². The number of aryl methyl sites for hydroxylation is 1. The Bertz CT molecular complexity index is 751. The number of rotatable bonds is 3. The van der Waals surface area contributed by atoms with Gasteiger partial charge >= 0.3 is 0 Å². The standard InChI is InChI=1S/C20H21NO4/c22-19-14-4-7-16(8-5-14)24-13-25-20-15(2-1-3-18(19)20)6-9-17-12-21-10-11-23-17/h1-5,7-8,17,21H,6,9-13H2. The molecule has 5 rings (SSSR count). The number of benzene rings is 2. The Kier molecular flexibility index (Phi) is 4.68. The van der Waals surface area contributed by atoms with Crippen molar-refractivity contribution in [2.75, 3.05) is 26.5 Å². The highest BCUT2D eigenvalue weighted by Gasteiger charge is 2.21. The van der Waals surface area contributed by atoms with Gasteiger partial charge in [0.1, 0.15) is 11.5 Å². The third kappa shape index (κ3) is 3.52. The number of ketones is 1. The van der Waals surface area contributed by atoms with E-state index in [1.165, 1.54) is 0 Å².